The minimum atomic E-state index is 0.148. The number of alkyl halides is 1. The Labute approximate surface area is 113 Å². The van der Waals surface area contributed by atoms with Gasteiger partial charge in [-0.1, -0.05) is 0 Å². The van der Waals surface area contributed by atoms with Crippen molar-refractivity contribution in [3.05, 3.63) is 20.8 Å². The molecule has 88 valence electrons. The number of hydrogen-bond donors (Lipinski definition) is 0. The second-order valence-corrected chi connectivity index (χ2v) is 6.07. The number of thiophene rings is 1. The normalized spacial score (nSPS) is 17.8. The highest BCUT2D eigenvalue weighted by Gasteiger charge is 2.24. The maximum Gasteiger partial charge on any atom is 0.265 e. The van der Waals surface area contributed by atoms with Gasteiger partial charge in [0.05, 0.1) is 0 Å². The zero-order chi connectivity index (χ0) is 11.5. The summed E-state index contributed by atoms with van der Waals surface area (Å²) in [6.45, 7) is 1.67. The highest BCUT2D eigenvalue weighted by atomic mass is 79.9. The van der Waals surface area contributed by atoms with Crippen molar-refractivity contribution in [2.45, 2.75) is 12.8 Å². The van der Waals surface area contributed by atoms with E-state index in [4.69, 9.17) is 11.6 Å². The van der Waals surface area contributed by atoms with Gasteiger partial charge < -0.3 is 4.90 Å². The molecule has 0 aromatic carbocycles. The van der Waals surface area contributed by atoms with E-state index in [9.17, 15) is 4.79 Å². The number of nitrogens with zero attached hydrogens (tertiary/aromatic N) is 1. The van der Waals surface area contributed by atoms with Crippen LogP contribution in [-0.2, 0) is 0 Å². The molecule has 2 rings (SSSR count). The lowest BCUT2D eigenvalue weighted by Gasteiger charge is -2.30. The molecule has 0 aliphatic carbocycles. The molecule has 1 saturated heterocycles. The van der Waals surface area contributed by atoms with Crippen molar-refractivity contribution >= 4 is 44.8 Å². The van der Waals surface area contributed by atoms with Crippen molar-refractivity contribution in [2.24, 2.45) is 5.92 Å². The average Bonchev–Trinajstić information content (AvgIpc) is 2.75. The third kappa shape index (κ3) is 2.60. The molecule has 2 nitrogen and oxygen atoms in total. The van der Waals surface area contributed by atoms with Crippen molar-refractivity contribution in [2.75, 3.05) is 19.0 Å². The molecule has 16 heavy (non-hydrogen) atoms. The molecule has 0 unspecified atom stereocenters. The van der Waals surface area contributed by atoms with Crippen molar-refractivity contribution in [3.63, 3.8) is 0 Å². The van der Waals surface area contributed by atoms with Gasteiger partial charge in [0.1, 0.15) is 4.88 Å². The Kier molecular flexibility index (Phi) is 4.27. The van der Waals surface area contributed by atoms with Crippen LogP contribution in [0.4, 0.5) is 0 Å². The topological polar surface area (TPSA) is 20.3 Å². The highest BCUT2D eigenvalue weighted by molar-refractivity contribution is 9.10. The van der Waals surface area contributed by atoms with Crippen LogP contribution in [0.2, 0.25) is 0 Å². The first-order valence-electron chi connectivity index (χ1n) is 5.30. The SMILES string of the molecule is O=C(c1sccc1Br)N1CCC(CCl)CC1. The summed E-state index contributed by atoms with van der Waals surface area (Å²) in [7, 11) is 0. The average molecular weight is 323 g/mol. The molecule has 0 atom stereocenters. The quantitative estimate of drug-likeness (QED) is 0.762. The van der Waals surface area contributed by atoms with Crippen LogP contribution in [0.5, 0.6) is 0 Å². The lowest BCUT2D eigenvalue weighted by Crippen LogP contribution is -2.38. The van der Waals surface area contributed by atoms with Gasteiger partial charge >= 0.3 is 0 Å². The molecule has 0 bridgehead atoms. The van der Waals surface area contributed by atoms with Crippen molar-refractivity contribution in [3.8, 4) is 0 Å². The number of hydrogen-bond acceptors (Lipinski definition) is 2. The molecule has 1 aliphatic heterocycles. The number of piperidine rings is 1. The third-order valence-corrected chi connectivity index (χ3v) is 5.19. The summed E-state index contributed by atoms with van der Waals surface area (Å²) in [5, 5.41) is 1.93. The van der Waals surface area contributed by atoms with Crippen LogP contribution in [0.25, 0.3) is 0 Å². The first kappa shape index (κ1) is 12.4. The number of carbonyl (C=O) groups is 1. The Morgan fingerprint density at radius 1 is 1.56 bits per heavy atom. The van der Waals surface area contributed by atoms with Gasteiger partial charge in [0.25, 0.3) is 5.91 Å². The molecule has 1 aromatic rings. The molecule has 1 aliphatic rings. The fourth-order valence-electron chi connectivity index (χ4n) is 1.88. The molecule has 0 saturated carbocycles. The van der Waals surface area contributed by atoms with E-state index in [-0.39, 0.29) is 5.91 Å². The van der Waals surface area contributed by atoms with Crippen LogP contribution >= 0.6 is 38.9 Å². The summed E-state index contributed by atoms with van der Waals surface area (Å²) in [4.78, 5) is 14.9. The predicted octanol–water partition coefficient (Wildman–Crippen LogP) is 3.60. The Bertz CT molecular complexity index is 374. The van der Waals surface area contributed by atoms with Crippen molar-refractivity contribution < 1.29 is 4.79 Å². The molecule has 0 spiro atoms. The maximum absolute atomic E-state index is 12.2. The zero-order valence-corrected chi connectivity index (χ0v) is 11.9. The molecule has 1 fully saturated rings. The van der Waals surface area contributed by atoms with Gasteiger partial charge in [-0.2, -0.15) is 0 Å². The smallest absolute Gasteiger partial charge is 0.265 e. The van der Waals surface area contributed by atoms with Crippen LogP contribution in [-0.4, -0.2) is 29.8 Å². The monoisotopic (exact) mass is 321 g/mol. The van der Waals surface area contributed by atoms with Crippen molar-refractivity contribution in [1.29, 1.82) is 0 Å². The Hall–Kier alpha value is -0.0600. The first-order valence-corrected chi connectivity index (χ1v) is 7.51. The van der Waals surface area contributed by atoms with Gasteiger partial charge in [-0.05, 0) is 46.1 Å². The van der Waals surface area contributed by atoms with E-state index < -0.39 is 0 Å². The molecular formula is C11H13BrClNOS. The van der Waals surface area contributed by atoms with Crippen LogP contribution in [0.1, 0.15) is 22.5 Å². The second kappa shape index (κ2) is 5.52. The summed E-state index contributed by atoms with van der Waals surface area (Å²) in [6.07, 6.45) is 2.05. The minimum absolute atomic E-state index is 0.148. The number of likely N-dealkylation sites (tertiary alicyclic amines) is 1. The van der Waals surface area contributed by atoms with E-state index in [0.717, 1.165) is 35.3 Å². The van der Waals surface area contributed by atoms with Gasteiger partial charge in [-0.25, -0.2) is 0 Å². The number of rotatable bonds is 2. The number of halogens is 2. The van der Waals surface area contributed by atoms with Crippen LogP contribution in [0.3, 0.4) is 0 Å². The predicted molar refractivity (Wildman–Crippen MR) is 71.4 cm³/mol. The summed E-state index contributed by atoms with van der Waals surface area (Å²) in [5.41, 5.74) is 0. The summed E-state index contributed by atoms with van der Waals surface area (Å²) < 4.78 is 0.905. The summed E-state index contributed by atoms with van der Waals surface area (Å²) in [5.74, 6) is 1.44. The standard InChI is InChI=1S/C11H13BrClNOS/c12-9-3-6-16-10(9)11(15)14-4-1-8(7-13)2-5-14/h3,6,8H,1-2,4-5,7H2. The Balaban J connectivity index is 2.00. The Morgan fingerprint density at radius 3 is 2.75 bits per heavy atom. The van der Waals surface area contributed by atoms with Gasteiger partial charge in [0, 0.05) is 23.4 Å². The molecule has 0 N–H and O–H groups in total. The summed E-state index contributed by atoms with van der Waals surface area (Å²) in [6, 6.07) is 1.92. The van der Waals surface area contributed by atoms with E-state index in [1.54, 1.807) is 0 Å². The largest absolute Gasteiger partial charge is 0.338 e. The molecule has 2 heterocycles. The van der Waals surface area contributed by atoms with E-state index >= 15 is 0 Å². The van der Waals surface area contributed by atoms with Gasteiger partial charge in [0.15, 0.2) is 0 Å². The fourth-order valence-corrected chi connectivity index (χ4v) is 3.70. The minimum Gasteiger partial charge on any atom is -0.338 e. The van der Waals surface area contributed by atoms with Crippen LogP contribution in [0.15, 0.2) is 15.9 Å². The van der Waals surface area contributed by atoms with Gasteiger partial charge in [-0.3, -0.25) is 4.79 Å². The van der Waals surface area contributed by atoms with Gasteiger partial charge in [0.2, 0.25) is 0 Å². The van der Waals surface area contributed by atoms with E-state index in [0.29, 0.717) is 11.8 Å². The second-order valence-electron chi connectivity index (χ2n) is 3.99. The number of amides is 1. The summed E-state index contributed by atoms with van der Waals surface area (Å²) >= 11 is 10.7. The lowest BCUT2D eigenvalue weighted by molar-refractivity contribution is 0.0702. The Morgan fingerprint density at radius 2 is 2.25 bits per heavy atom. The third-order valence-electron chi connectivity index (χ3n) is 2.93. The zero-order valence-electron chi connectivity index (χ0n) is 8.79. The van der Waals surface area contributed by atoms with Crippen LogP contribution < -0.4 is 0 Å². The highest BCUT2D eigenvalue weighted by Crippen LogP contribution is 2.26. The maximum atomic E-state index is 12.2. The first-order chi connectivity index (χ1) is 7.72. The van der Waals surface area contributed by atoms with Crippen molar-refractivity contribution in [1.82, 2.24) is 4.90 Å². The lowest BCUT2D eigenvalue weighted by atomic mass is 9.99. The fraction of sp³-hybridized carbons (Fsp3) is 0.545. The van der Waals surface area contributed by atoms with E-state index in [2.05, 4.69) is 15.9 Å². The molecule has 0 radical (unpaired) electrons. The van der Waals surface area contributed by atoms with Crippen LogP contribution in [0, 0.1) is 5.92 Å². The molecule has 1 aromatic heterocycles. The van der Waals surface area contributed by atoms with E-state index in [1.807, 2.05) is 16.3 Å². The van der Waals surface area contributed by atoms with E-state index in [1.165, 1.54) is 11.3 Å². The molecule has 1 amide bonds. The molecule has 5 heteroatoms. The number of carbonyl (C=O) groups excluding carboxylic acids is 1. The van der Waals surface area contributed by atoms with Gasteiger partial charge in [-0.15, -0.1) is 22.9 Å². The molecular weight excluding hydrogens is 310 g/mol.